The molecule has 5 aromatic carbocycles. The van der Waals surface area contributed by atoms with E-state index in [-0.39, 0.29) is 29.8 Å². The van der Waals surface area contributed by atoms with Gasteiger partial charge in [-0.2, -0.15) is 5.10 Å². The lowest BCUT2D eigenvalue weighted by molar-refractivity contribution is -0.384. The van der Waals surface area contributed by atoms with Crippen LogP contribution in [0.5, 0.6) is 0 Å². The number of rotatable bonds is 6. The van der Waals surface area contributed by atoms with Gasteiger partial charge in [0.05, 0.1) is 34.3 Å². The Balaban J connectivity index is 1.23. The van der Waals surface area contributed by atoms with E-state index in [0.717, 1.165) is 33.0 Å². The molecule has 224 valence electrons. The van der Waals surface area contributed by atoms with Crippen molar-refractivity contribution in [2.24, 2.45) is 16.9 Å². The van der Waals surface area contributed by atoms with E-state index in [2.05, 4.69) is 10.5 Å². The van der Waals surface area contributed by atoms with E-state index < -0.39 is 28.1 Å². The van der Waals surface area contributed by atoms with Crippen molar-refractivity contribution in [3.8, 4) is 0 Å². The molecule has 2 atom stereocenters. The van der Waals surface area contributed by atoms with Crippen molar-refractivity contribution in [3.63, 3.8) is 0 Å². The Morgan fingerprint density at radius 2 is 1.46 bits per heavy atom. The summed E-state index contributed by atoms with van der Waals surface area (Å²) in [5.41, 5.74) is 6.27. The SMILES string of the molecule is O=C(Cc1ccc([N+](=O)[O-])cc1)N/N=C\C12c3ccccc3C(c3ccccc31)[C@@H]1C(=O)N(c3cccc4ccccc34)C(=O)[C@H]12. The molecule has 9 heteroatoms. The molecular formula is C37H26N4O5. The number of benzene rings is 5. The molecular weight excluding hydrogens is 580 g/mol. The standard InChI is InChI=1S/C37H26N4O5/c42-31(20-22-16-18-24(19-17-22)41(45)46)39-38-21-37-28-13-5-3-11-26(28)32(27-12-4-6-14-29(27)37)33-34(37)36(44)40(35(33)43)30-15-7-9-23-8-1-2-10-25(23)30/h1-19,21,32-34H,20H2,(H,39,42)/b38-21-/t32?,33-,34-,37?/m0/s1. The molecule has 0 radical (unpaired) electrons. The highest BCUT2D eigenvalue weighted by Crippen LogP contribution is 2.63. The van der Waals surface area contributed by atoms with Gasteiger partial charge >= 0.3 is 0 Å². The molecule has 4 aliphatic rings. The molecule has 1 saturated heterocycles. The summed E-state index contributed by atoms with van der Waals surface area (Å²) < 4.78 is 0. The molecule has 2 bridgehead atoms. The minimum atomic E-state index is -1.13. The Labute approximate surface area is 263 Å². The van der Waals surface area contributed by atoms with E-state index in [0.29, 0.717) is 11.3 Å². The van der Waals surface area contributed by atoms with Crippen LogP contribution in [0.25, 0.3) is 10.8 Å². The van der Waals surface area contributed by atoms with Crippen molar-refractivity contribution in [1.82, 2.24) is 5.43 Å². The Bertz CT molecular complexity index is 2090. The number of nitro groups is 1. The monoisotopic (exact) mass is 606 g/mol. The molecule has 9 nitrogen and oxygen atoms in total. The molecule has 0 spiro atoms. The van der Waals surface area contributed by atoms with E-state index in [4.69, 9.17) is 0 Å². The lowest BCUT2D eigenvalue weighted by Gasteiger charge is -2.52. The lowest BCUT2D eigenvalue weighted by Crippen LogP contribution is -2.54. The van der Waals surface area contributed by atoms with Crippen LogP contribution in [0.2, 0.25) is 0 Å². The quantitative estimate of drug-likeness (QED) is 0.116. The van der Waals surface area contributed by atoms with Crippen molar-refractivity contribution < 1.29 is 19.3 Å². The third kappa shape index (κ3) is 3.88. The van der Waals surface area contributed by atoms with Gasteiger partial charge in [0.2, 0.25) is 17.7 Å². The highest BCUT2D eigenvalue weighted by atomic mass is 16.6. The van der Waals surface area contributed by atoms with Gasteiger partial charge in [0.15, 0.2) is 0 Å². The largest absolute Gasteiger partial charge is 0.274 e. The molecule has 1 aliphatic heterocycles. The molecule has 1 fully saturated rings. The van der Waals surface area contributed by atoms with Crippen LogP contribution >= 0.6 is 0 Å². The highest BCUT2D eigenvalue weighted by molar-refractivity contribution is 6.27. The molecule has 5 aromatic rings. The molecule has 1 heterocycles. The molecule has 1 N–H and O–H groups in total. The Morgan fingerprint density at radius 3 is 2.15 bits per heavy atom. The first-order valence-corrected chi connectivity index (χ1v) is 15.0. The average molecular weight is 607 g/mol. The second kappa shape index (κ2) is 10.3. The van der Waals surface area contributed by atoms with Gasteiger partial charge in [-0.3, -0.25) is 24.5 Å². The molecule has 0 saturated carbocycles. The average Bonchev–Trinajstić information content (AvgIpc) is 3.35. The summed E-state index contributed by atoms with van der Waals surface area (Å²) >= 11 is 0. The van der Waals surface area contributed by atoms with Crippen molar-refractivity contribution in [2.45, 2.75) is 17.8 Å². The number of hydrogen-bond acceptors (Lipinski definition) is 6. The van der Waals surface area contributed by atoms with Crippen molar-refractivity contribution in [1.29, 1.82) is 0 Å². The number of carbonyl (C=O) groups excluding carboxylic acids is 3. The van der Waals surface area contributed by atoms with Gasteiger partial charge < -0.3 is 0 Å². The van der Waals surface area contributed by atoms with Crippen LogP contribution < -0.4 is 10.3 Å². The number of imide groups is 1. The van der Waals surface area contributed by atoms with Crippen LogP contribution in [0.4, 0.5) is 11.4 Å². The second-order valence-corrected chi connectivity index (χ2v) is 11.9. The topological polar surface area (TPSA) is 122 Å². The van der Waals surface area contributed by atoms with E-state index >= 15 is 0 Å². The van der Waals surface area contributed by atoms with Gasteiger partial charge in [0.1, 0.15) is 0 Å². The Morgan fingerprint density at radius 1 is 0.826 bits per heavy atom. The summed E-state index contributed by atoms with van der Waals surface area (Å²) in [5, 5.41) is 17.2. The molecule has 9 rings (SSSR count). The molecule has 3 amide bonds. The van der Waals surface area contributed by atoms with E-state index in [9.17, 15) is 24.5 Å². The maximum absolute atomic E-state index is 14.7. The maximum Gasteiger partial charge on any atom is 0.269 e. The zero-order valence-electron chi connectivity index (χ0n) is 24.4. The fraction of sp³-hybridized carbons (Fsp3) is 0.135. The fourth-order valence-electron chi connectivity index (χ4n) is 7.86. The van der Waals surface area contributed by atoms with Crippen LogP contribution in [0.1, 0.15) is 33.7 Å². The van der Waals surface area contributed by atoms with Crippen LogP contribution in [0.3, 0.4) is 0 Å². The second-order valence-electron chi connectivity index (χ2n) is 11.9. The summed E-state index contributed by atoms with van der Waals surface area (Å²) in [6.07, 6.45) is 1.58. The number of nitrogens with zero attached hydrogens (tertiary/aromatic N) is 3. The predicted octanol–water partition coefficient (Wildman–Crippen LogP) is 5.64. The number of nitro benzene ring substituents is 1. The highest BCUT2D eigenvalue weighted by Gasteiger charge is 2.68. The minimum absolute atomic E-state index is 0.0457. The number of hydrogen-bond donors (Lipinski definition) is 1. The number of hydrazone groups is 1. The van der Waals surface area contributed by atoms with Crippen molar-refractivity contribution in [2.75, 3.05) is 4.90 Å². The van der Waals surface area contributed by atoms with E-state index in [1.807, 2.05) is 91.0 Å². The number of amides is 3. The summed E-state index contributed by atoms with van der Waals surface area (Å²) in [6.45, 7) is 0. The van der Waals surface area contributed by atoms with Gasteiger partial charge in [-0.05, 0) is 39.3 Å². The first kappa shape index (κ1) is 27.6. The normalized spacial score (nSPS) is 22.5. The number of non-ortho nitro benzene ring substituents is 1. The van der Waals surface area contributed by atoms with E-state index in [1.54, 1.807) is 6.21 Å². The number of nitrogens with one attached hydrogen (secondary N) is 1. The summed E-state index contributed by atoms with van der Waals surface area (Å²) in [6, 6.07) is 34.8. The lowest BCUT2D eigenvalue weighted by atomic mass is 9.47. The molecule has 0 unspecified atom stereocenters. The number of fused-ring (bicyclic) bond motifs is 1. The first-order chi connectivity index (χ1) is 22.4. The van der Waals surface area contributed by atoms with Gasteiger partial charge in [-0.1, -0.05) is 97.1 Å². The van der Waals surface area contributed by atoms with Crippen LogP contribution in [-0.2, 0) is 26.2 Å². The van der Waals surface area contributed by atoms with Crippen LogP contribution in [0.15, 0.2) is 120 Å². The third-order valence-corrected chi connectivity index (χ3v) is 9.66. The fourth-order valence-corrected chi connectivity index (χ4v) is 7.86. The van der Waals surface area contributed by atoms with Gasteiger partial charge in [-0.15, -0.1) is 0 Å². The molecule has 3 aliphatic carbocycles. The maximum atomic E-state index is 14.7. The van der Waals surface area contributed by atoms with Crippen molar-refractivity contribution >= 4 is 46.1 Å². The van der Waals surface area contributed by atoms with E-state index in [1.165, 1.54) is 29.2 Å². The van der Waals surface area contributed by atoms with Crippen LogP contribution in [0, 0.1) is 22.0 Å². The summed E-state index contributed by atoms with van der Waals surface area (Å²) in [7, 11) is 0. The Kier molecular flexibility index (Phi) is 6.18. The summed E-state index contributed by atoms with van der Waals surface area (Å²) in [5.74, 6) is -2.75. The minimum Gasteiger partial charge on any atom is -0.274 e. The van der Waals surface area contributed by atoms with Crippen LogP contribution in [-0.4, -0.2) is 28.9 Å². The smallest absolute Gasteiger partial charge is 0.269 e. The predicted molar refractivity (Wildman–Crippen MR) is 172 cm³/mol. The number of anilines is 1. The molecule has 46 heavy (non-hydrogen) atoms. The van der Waals surface area contributed by atoms with Crippen molar-refractivity contribution in [3.05, 3.63) is 153 Å². The Hall–Kier alpha value is -5.96. The van der Waals surface area contributed by atoms with Gasteiger partial charge in [0.25, 0.3) is 5.69 Å². The van der Waals surface area contributed by atoms with Gasteiger partial charge in [-0.25, -0.2) is 10.3 Å². The number of carbonyl (C=O) groups is 3. The first-order valence-electron chi connectivity index (χ1n) is 15.0. The summed E-state index contributed by atoms with van der Waals surface area (Å²) in [4.78, 5) is 54.1. The zero-order valence-corrected chi connectivity index (χ0v) is 24.4. The zero-order chi connectivity index (χ0) is 31.6. The van der Waals surface area contributed by atoms with Gasteiger partial charge in [0, 0.05) is 29.7 Å². The third-order valence-electron chi connectivity index (χ3n) is 9.66. The molecule has 0 aromatic heterocycles.